The molecule has 1 aromatic rings. The highest BCUT2D eigenvalue weighted by atomic mass is 79.9. The maximum atomic E-state index is 13.6. The molecule has 2 nitrogen and oxygen atoms in total. The highest BCUT2D eigenvalue weighted by molar-refractivity contribution is 9.10. The third kappa shape index (κ3) is 3.63. The van der Waals surface area contributed by atoms with Crippen molar-refractivity contribution in [1.29, 1.82) is 0 Å². The minimum atomic E-state index is -1.26. The van der Waals surface area contributed by atoms with E-state index in [0.717, 1.165) is 30.2 Å². The largest absolute Gasteiger partial charge is 0.382 e. The van der Waals surface area contributed by atoms with Crippen LogP contribution in [0.4, 0.5) is 4.39 Å². The first-order chi connectivity index (χ1) is 9.01. The molecule has 2 rings (SSSR count). The van der Waals surface area contributed by atoms with E-state index in [-0.39, 0.29) is 12.2 Å². The minimum absolute atomic E-state index is 0.0399. The van der Waals surface area contributed by atoms with E-state index in [2.05, 4.69) is 15.9 Å². The van der Waals surface area contributed by atoms with Gasteiger partial charge < -0.3 is 5.11 Å². The van der Waals surface area contributed by atoms with Gasteiger partial charge in [-0.3, -0.25) is 4.79 Å². The summed E-state index contributed by atoms with van der Waals surface area (Å²) in [5.41, 5.74) is -0.914. The average Bonchev–Trinajstić information content (AvgIpc) is 2.60. The molecule has 1 N–H and O–H groups in total. The maximum absolute atomic E-state index is 13.6. The monoisotopic (exact) mass is 328 g/mol. The molecular formula is C15H18BrFO2. The molecule has 0 heterocycles. The quantitative estimate of drug-likeness (QED) is 0.857. The van der Waals surface area contributed by atoms with Gasteiger partial charge in [-0.25, -0.2) is 4.39 Å². The summed E-state index contributed by atoms with van der Waals surface area (Å²) in [4.78, 5) is 12.3. The van der Waals surface area contributed by atoms with Crippen molar-refractivity contribution in [3.05, 3.63) is 34.1 Å². The SMILES string of the molecule is O=C(Cc1cc(Br)ccc1F)C1(O)CCCCCC1. The topological polar surface area (TPSA) is 37.3 Å². The van der Waals surface area contributed by atoms with Crippen LogP contribution < -0.4 is 0 Å². The third-order valence-electron chi connectivity index (χ3n) is 3.81. The van der Waals surface area contributed by atoms with Crippen LogP contribution in [0.1, 0.15) is 44.1 Å². The van der Waals surface area contributed by atoms with Crippen molar-refractivity contribution in [2.45, 2.75) is 50.5 Å². The van der Waals surface area contributed by atoms with Crippen LogP contribution in [0.3, 0.4) is 0 Å². The molecule has 1 aromatic carbocycles. The lowest BCUT2D eigenvalue weighted by Crippen LogP contribution is -2.39. The predicted molar refractivity (Wildman–Crippen MR) is 75.5 cm³/mol. The van der Waals surface area contributed by atoms with Crippen molar-refractivity contribution >= 4 is 21.7 Å². The average molecular weight is 329 g/mol. The molecule has 104 valence electrons. The third-order valence-corrected chi connectivity index (χ3v) is 4.30. The zero-order chi connectivity index (χ0) is 13.9. The fraction of sp³-hybridized carbons (Fsp3) is 0.533. The summed E-state index contributed by atoms with van der Waals surface area (Å²) in [6, 6.07) is 4.54. The number of Topliss-reactive ketones (excluding diaryl/α,β-unsaturated/α-hetero) is 1. The molecule has 0 saturated heterocycles. The van der Waals surface area contributed by atoms with Gasteiger partial charge in [0.05, 0.1) is 0 Å². The second-order valence-electron chi connectivity index (χ2n) is 5.28. The van der Waals surface area contributed by atoms with Gasteiger partial charge in [-0.1, -0.05) is 41.6 Å². The Hall–Kier alpha value is -0.740. The molecule has 1 fully saturated rings. The normalized spacial score (nSPS) is 18.9. The predicted octanol–water partition coefficient (Wildman–Crippen LogP) is 3.79. The fourth-order valence-electron chi connectivity index (χ4n) is 2.61. The Bertz CT molecular complexity index is 465. The van der Waals surface area contributed by atoms with Crippen LogP contribution in [0.5, 0.6) is 0 Å². The van der Waals surface area contributed by atoms with E-state index in [9.17, 15) is 14.3 Å². The molecule has 1 aliphatic carbocycles. The number of hydrogen-bond acceptors (Lipinski definition) is 2. The maximum Gasteiger partial charge on any atom is 0.168 e. The van der Waals surface area contributed by atoms with Crippen LogP contribution in [0.2, 0.25) is 0 Å². The van der Waals surface area contributed by atoms with E-state index >= 15 is 0 Å². The summed E-state index contributed by atoms with van der Waals surface area (Å²) < 4.78 is 14.4. The Morgan fingerprint density at radius 1 is 1.26 bits per heavy atom. The van der Waals surface area contributed by atoms with E-state index in [4.69, 9.17) is 0 Å². The molecule has 0 unspecified atom stereocenters. The number of rotatable bonds is 3. The first-order valence-electron chi connectivity index (χ1n) is 6.71. The number of hydrogen-bond donors (Lipinski definition) is 1. The molecule has 0 spiro atoms. The highest BCUT2D eigenvalue weighted by Crippen LogP contribution is 2.29. The number of benzene rings is 1. The lowest BCUT2D eigenvalue weighted by molar-refractivity contribution is -0.138. The highest BCUT2D eigenvalue weighted by Gasteiger charge is 2.35. The Balaban J connectivity index is 2.13. The second kappa shape index (κ2) is 6.14. The minimum Gasteiger partial charge on any atom is -0.382 e. The molecule has 0 aliphatic heterocycles. The Kier molecular flexibility index (Phi) is 4.74. The van der Waals surface area contributed by atoms with Gasteiger partial charge in [0.1, 0.15) is 11.4 Å². The van der Waals surface area contributed by atoms with E-state index < -0.39 is 11.4 Å². The molecule has 0 aromatic heterocycles. The van der Waals surface area contributed by atoms with Gasteiger partial charge in [-0.15, -0.1) is 0 Å². The van der Waals surface area contributed by atoms with Crippen molar-refractivity contribution in [2.75, 3.05) is 0 Å². The second-order valence-corrected chi connectivity index (χ2v) is 6.20. The van der Waals surface area contributed by atoms with Crippen LogP contribution >= 0.6 is 15.9 Å². The van der Waals surface area contributed by atoms with Crippen LogP contribution in [0, 0.1) is 5.82 Å². The Morgan fingerprint density at radius 3 is 2.53 bits per heavy atom. The van der Waals surface area contributed by atoms with E-state index in [0.29, 0.717) is 18.4 Å². The molecule has 0 atom stereocenters. The number of carbonyl (C=O) groups is 1. The lowest BCUT2D eigenvalue weighted by atomic mass is 9.86. The molecule has 0 radical (unpaired) electrons. The van der Waals surface area contributed by atoms with Crippen molar-refractivity contribution in [3.63, 3.8) is 0 Å². The van der Waals surface area contributed by atoms with E-state index in [1.54, 1.807) is 12.1 Å². The number of ketones is 1. The smallest absolute Gasteiger partial charge is 0.168 e. The zero-order valence-corrected chi connectivity index (χ0v) is 12.4. The summed E-state index contributed by atoms with van der Waals surface area (Å²) in [5, 5.41) is 10.5. The molecule has 1 saturated carbocycles. The summed E-state index contributed by atoms with van der Waals surface area (Å²) in [6.07, 6.45) is 4.80. The number of aliphatic hydroxyl groups is 1. The van der Waals surface area contributed by atoms with Gasteiger partial charge in [0.15, 0.2) is 5.78 Å². The summed E-state index contributed by atoms with van der Waals surface area (Å²) >= 11 is 3.27. The van der Waals surface area contributed by atoms with Crippen LogP contribution in [0.25, 0.3) is 0 Å². The molecule has 1 aliphatic rings. The Labute approximate surface area is 121 Å². The van der Waals surface area contributed by atoms with Gasteiger partial charge in [-0.2, -0.15) is 0 Å². The Morgan fingerprint density at radius 2 is 1.89 bits per heavy atom. The summed E-state index contributed by atoms with van der Waals surface area (Å²) in [7, 11) is 0. The standard InChI is InChI=1S/C15H18BrFO2/c16-12-5-6-13(17)11(9-12)10-14(18)15(19)7-3-1-2-4-8-15/h5-6,9,19H,1-4,7-8,10H2. The first kappa shape index (κ1) is 14.7. The number of carbonyl (C=O) groups excluding carboxylic acids is 1. The fourth-order valence-corrected chi connectivity index (χ4v) is 3.02. The van der Waals surface area contributed by atoms with Gasteiger partial charge in [0, 0.05) is 10.9 Å². The summed E-state index contributed by atoms with van der Waals surface area (Å²) in [5.74, 6) is -0.653. The van der Waals surface area contributed by atoms with E-state index in [1.165, 1.54) is 6.07 Å². The molecule has 19 heavy (non-hydrogen) atoms. The number of halogens is 2. The van der Waals surface area contributed by atoms with Crippen LogP contribution in [-0.4, -0.2) is 16.5 Å². The van der Waals surface area contributed by atoms with Crippen molar-refractivity contribution in [3.8, 4) is 0 Å². The van der Waals surface area contributed by atoms with Crippen molar-refractivity contribution in [1.82, 2.24) is 0 Å². The zero-order valence-electron chi connectivity index (χ0n) is 10.8. The first-order valence-corrected chi connectivity index (χ1v) is 7.50. The van der Waals surface area contributed by atoms with Gasteiger partial charge in [0.2, 0.25) is 0 Å². The van der Waals surface area contributed by atoms with Crippen LogP contribution in [0.15, 0.2) is 22.7 Å². The molecular weight excluding hydrogens is 311 g/mol. The van der Waals surface area contributed by atoms with Gasteiger partial charge in [0.25, 0.3) is 0 Å². The molecule has 0 amide bonds. The molecule has 4 heteroatoms. The van der Waals surface area contributed by atoms with E-state index in [1.807, 2.05) is 0 Å². The molecule has 0 bridgehead atoms. The van der Waals surface area contributed by atoms with Crippen molar-refractivity contribution in [2.24, 2.45) is 0 Å². The lowest BCUT2D eigenvalue weighted by Gasteiger charge is -2.25. The summed E-state index contributed by atoms with van der Waals surface area (Å²) in [6.45, 7) is 0. The van der Waals surface area contributed by atoms with Crippen LogP contribution in [-0.2, 0) is 11.2 Å². The van der Waals surface area contributed by atoms with Crippen molar-refractivity contribution < 1.29 is 14.3 Å². The van der Waals surface area contributed by atoms with Gasteiger partial charge in [-0.05, 0) is 36.6 Å². The van der Waals surface area contributed by atoms with Gasteiger partial charge >= 0.3 is 0 Å².